The predicted octanol–water partition coefficient (Wildman–Crippen LogP) is 1.03. The van der Waals surface area contributed by atoms with Crippen LogP contribution in [0.25, 0.3) is 0 Å². The molecule has 0 aromatic heterocycles. The van der Waals surface area contributed by atoms with Crippen LogP contribution in [0.2, 0.25) is 0 Å². The summed E-state index contributed by atoms with van der Waals surface area (Å²) in [6.07, 6.45) is 0.387. The summed E-state index contributed by atoms with van der Waals surface area (Å²) in [4.78, 5) is 0. The molecule has 0 heterocycles. The van der Waals surface area contributed by atoms with E-state index in [0.717, 1.165) is 0 Å². The van der Waals surface area contributed by atoms with Crippen molar-refractivity contribution < 1.29 is 14.6 Å². The van der Waals surface area contributed by atoms with Gasteiger partial charge in [-0.1, -0.05) is 0 Å². The van der Waals surface area contributed by atoms with Crippen molar-refractivity contribution in [3.8, 4) is 0 Å². The van der Waals surface area contributed by atoms with E-state index in [9.17, 15) is 5.11 Å². The van der Waals surface area contributed by atoms with Gasteiger partial charge in [0.15, 0.2) is 0 Å². The van der Waals surface area contributed by atoms with Gasteiger partial charge in [-0.05, 0) is 19.6 Å². The van der Waals surface area contributed by atoms with E-state index < -0.39 is 5.97 Å². The van der Waals surface area contributed by atoms with Gasteiger partial charge in [-0.3, -0.25) is 0 Å². The normalized spacial score (nSPS) is 12.0. The molecule has 0 amide bonds. The van der Waals surface area contributed by atoms with E-state index in [4.69, 9.17) is 9.47 Å². The van der Waals surface area contributed by atoms with Crippen molar-refractivity contribution in [2.75, 3.05) is 19.0 Å². The molecule has 0 bridgehead atoms. The fraction of sp³-hybridized carbons (Fsp3) is 1.00. The van der Waals surface area contributed by atoms with Gasteiger partial charge in [-0.2, -0.15) is 12.6 Å². The third-order valence-electron chi connectivity index (χ3n) is 1.17. The number of hydrogen-bond donors (Lipinski definition) is 2. The molecule has 0 spiro atoms. The van der Waals surface area contributed by atoms with E-state index in [-0.39, 0.29) is 0 Å². The lowest BCUT2D eigenvalue weighted by molar-refractivity contribution is -0.357. The van der Waals surface area contributed by atoms with E-state index in [0.29, 0.717) is 25.4 Å². The molecule has 0 saturated carbocycles. The summed E-state index contributed by atoms with van der Waals surface area (Å²) < 4.78 is 9.99. The van der Waals surface area contributed by atoms with Gasteiger partial charge >= 0.3 is 0 Å². The first kappa shape index (κ1) is 11.2. The minimum atomic E-state index is -1.43. The summed E-state index contributed by atoms with van der Waals surface area (Å²) in [5.41, 5.74) is 0. The van der Waals surface area contributed by atoms with Gasteiger partial charge in [0, 0.05) is 19.6 Å². The van der Waals surface area contributed by atoms with E-state index >= 15 is 0 Å². The van der Waals surface area contributed by atoms with Crippen molar-refractivity contribution in [3.63, 3.8) is 0 Å². The zero-order chi connectivity index (χ0) is 8.74. The first-order valence-electron chi connectivity index (χ1n) is 3.79. The Labute approximate surface area is 73.1 Å². The van der Waals surface area contributed by atoms with Gasteiger partial charge in [0.1, 0.15) is 0 Å². The van der Waals surface area contributed by atoms with E-state index in [1.54, 1.807) is 0 Å². The van der Waals surface area contributed by atoms with E-state index in [2.05, 4.69) is 12.6 Å². The molecule has 0 saturated heterocycles. The van der Waals surface area contributed by atoms with E-state index in [1.807, 2.05) is 13.8 Å². The van der Waals surface area contributed by atoms with Crippen molar-refractivity contribution in [2.24, 2.45) is 0 Å². The Hall–Kier alpha value is 0.230. The second-order valence-corrected chi connectivity index (χ2v) is 2.50. The molecule has 3 nitrogen and oxygen atoms in total. The van der Waals surface area contributed by atoms with Crippen LogP contribution in [0.3, 0.4) is 0 Å². The lowest BCUT2D eigenvalue weighted by Crippen LogP contribution is -2.36. The summed E-state index contributed by atoms with van der Waals surface area (Å²) in [7, 11) is 0. The Balaban J connectivity index is 3.79. The van der Waals surface area contributed by atoms with Crippen LogP contribution < -0.4 is 0 Å². The summed E-state index contributed by atoms with van der Waals surface area (Å²) in [5, 5.41) is 9.52. The van der Waals surface area contributed by atoms with Gasteiger partial charge in [0.25, 0.3) is 5.97 Å². The Bertz CT molecular complexity index is 80.7. The molecule has 0 aliphatic heterocycles. The van der Waals surface area contributed by atoms with Crippen LogP contribution in [-0.4, -0.2) is 30.0 Å². The Morgan fingerprint density at radius 2 is 1.73 bits per heavy atom. The highest BCUT2D eigenvalue weighted by Crippen LogP contribution is 2.14. The number of thiol groups is 1. The summed E-state index contributed by atoms with van der Waals surface area (Å²) >= 11 is 3.98. The maximum Gasteiger partial charge on any atom is 0.281 e. The molecular formula is C7H16O3S. The van der Waals surface area contributed by atoms with Crippen LogP contribution in [0.1, 0.15) is 20.3 Å². The molecule has 1 N–H and O–H groups in total. The van der Waals surface area contributed by atoms with Crippen LogP contribution in [0.5, 0.6) is 0 Å². The zero-order valence-electron chi connectivity index (χ0n) is 7.04. The smallest absolute Gasteiger partial charge is 0.281 e. The highest BCUT2D eigenvalue weighted by molar-refractivity contribution is 7.80. The topological polar surface area (TPSA) is 38.7 Å². The van der Waals surface area contributed by atoms with Crippen molar-refractivity contribution in [1.29, 1.82) is 0 Å². The molecule has 4 heteroatoms. The number of rotatable bonds is 6. The van der Waals surface area contributed by atoms with Gasteiger partial charge in [-0.15, -0.1) is 0 Å². The van der Waals surface area contributed by atoms with E-state index in [1.165, 1.54) is 0 Å². The maximum atomic E-state index is 9.52. The summed E-state index contributed by atoms with van der Waals surface area (Å²) in [6, 6.07) is 0. The van der Waals surface area contributed by atoms with Crippen LogP contribution >= 0.6 is 12.6 Å². The molecule has 0 aliphatic carbocycles. The molecule has 68 valence electrons. The molecule has 0 atom stereocenters. The fourth-order valence-electron chi connectivity index (χ4n) is 0.778. The van der Waals surface area contributed by atoms with Crippen molar-refractivity contribution in [3.05, 3.63) is 0 Å². The number of ether oxygens (including phenoxy) is 2. The standard InChI is InChI=1S/C7H16O3S/c1-3-9-7(8,5-6-11)10-4-2/h8,11H,3-6H2,1-2H3. The molecule has 0 aliphatic rings. The quantitative estimate of drug-likeness (QED) is 0.473. The second kappa shape index (κ2) is 5.83. The summed E-state index contributed by atoms with van der Waals surface area (Å²) in [5.74, 6) is -0.887. The molecule has 0 unspecified atom stereocenters. The molecule has 0 aromatic carbocycles. The van der Waals surface area contributed by atoms with Gasteiger partial charge in [0.2, 0.25) is 0 Å². The minimum Gasteiger partial charge on any atom is -0.343 e. The van der Waals surface area contributed by atoms with Gasteiger partial charge in [-0.25, -0.2) is 0 Å². The largest absolute Gasteiger partial charge is 0.343 e. The highest BCUT2D eigenvalue weighted by Gasteiger charge is 2.26. The summed E-state index contributed by atoms with van der Waals surface area (Å²) in [6.45, 7) is 4.49. The molecule has 0 fully saturated rings. The zero-order valence-corrected chi connectivity index (χ0v) is 7.93. The first-order chi connectivity index (χ1) is 5.18. The van der Waals surface area contributed by atoms with Crippen LogP contribution in [0.4, 0.5) is 0 Å². The Morgan fingerprint density at radius 3 is 2.00 bits per heavy atom. The fourth-order valence-corrected chi connectivity index (χ4v) is 1.06. The molecule has 0 aromatic rings. The number of hydrogen-bond acceptors (Lipinski definition) is 4. The van der Waals surface area contributed by atoms with Crippen molar-refractivity contribution >= 4 is 12.6 Å². The maximum absolute atomic E-state index is 9.52. The average Bonchev–Trinajstić information content (AvgIpc) is 1.88. The van der Waals surface area contributed by atoms with Crippen LogP contribution in [0.15, 0.2) is 0 Å². The van der Waals surface area contributed by atoms with Crippen molar-refractivity contribution in [2.45, 2.75) is 26.2 Å². The Morgan fingerprint density at radius 1 is 1.27 bits per heavy atom. The highest BCUT2D eigenvalue weighted by atomic mass is 32.1. The van der Waals surface area contributed by atoms with Gasteiger partial charge in [0.05, 0.1) is 0 Å². The monoisotopic (exact) mass is 180 g/mol. The molecule has 0 radical (unpaired) electrons. The SMILES string of the molecule is CCOC(O)(CCS)OCC. The average molecular weight is 180 g/mol. The second-order valence-electron chi connectivity index (χ2n) is 2.05. The predicted molar refractivity (Wildman–Crippen MR) is 46.7 cm³/mol. The van der Waals surface area contributed by atoms with Crippen LogP contribution in [0, 0.1) is 0 Å². The van der Waals surface area contributed by atoms with Gasteiger partial charge < -0.3 is 14.6 Å². The van der Waals surface area contributed by atoms with Crippen LogP contribution in [-0.2, 0) is 9.47 Å². The lowest BCUT2D eigenvalue weighted by Gasteiger charge is -2.26. The lowest BCUT2D eigenvalue weighted by atomic mass is 10.4. The number of aliphatic hydroxyl groups is 1. The third kappa shape index (κ3) is 4.63. The first-order valence-corrected chi connectivity index (χ1v) is 4.43. The minimum absolute atomic E-state index is 0.387. The molecular weight excluding hydrogens is 164 g/mol. The Kier molecular flexibility index (Phi) is 5.95. The molecule has 0 rings (SSSR count). The molecule has 11 heavy (non-hydrogen) atoms. The van der Waals surface area contributed by atoms with Crippen molar-refractivity contribution in [1.82, 2.24) is 0 Å². The third-order valence-corrected chi connectivity index (χ3v) is 1.39.